The van der Waals surface area contributed by atoms with Gasteiger partial charge in [-0.15, -0.1) is 0 Å². The van der Waals surface area contributed by atoms with E-state index in [1.54, 1.807) is 30.3 Å². The molecule has 8 heteroatoms. The van der Waals surface area contributed by atoms with Crippen molar-refractivity contribution < 1.29 is 32.6 Å². The van der Waals surface area contributed by atoms with Crippen LogP contribution in [0.15, 0.2) is 46.9 Å². The maximum absolute atomic E-state index is 12.8. The summed E-state index contributed by atoms with van der Waals surface area (Å²) in [7, 11) is 1.32. The third kappa shape index (κ3) is 4.22. The van der Waals surface area contributed by atoms with Crippen molar-refractivity contribution in [3.8, 4) is 11.5 Å². The Kier molecular flexibility index (Phi) is 5.35. The van der Waals surface area contributed by atoms with Gasteiger partial charge in [0, 0.05) is 11.1 Å². The third-order valence-electron chi connectivity index (χ3n) is 3.68. The largest absolute Gasteiger partial charge is 0.493 e. The molecule has 0 saturated heterocycles. The van der Waals surface area contributed by atoms with E-state index in [9.17, 15) is 18.7 Å². The Hall–Kier alpha value is -3.42. The summed E-state index contributed by atoms with van der Waals surface area (Å²) in [4.78, 5) is 15.6. The number of aromatic nitrogens is 1. The summed E-state index contributed by atoms with van der Waals surface area (Å²) in [6.07, 6.45) is 0.969. The zero-order chi connectivity index (χ0) is 19.4. The highest BCUT2D eigenvalue weighted by atomic mass is 19.3. The van der Waals surface area contributed by atoms with E-state index < -0.39 is 19.0 Å². The van der Waals surface area contributed by atoms with Gasteiger partial charge in [0.1, 0.15) is 5.52 Å². The number of methoxy groups -OCH3 is 1. The number of ether oxygens (including phenoxy) is 2. The van der Waals surface area contributed by atoms with E-state index in [4.69, 9.17) is 9.15 Å². The standard InChI is InChI=1S/C19H15F2NO5/c1-25-15-8-4-5-11(17(15)27-19(20)21)9-12(10-16(23)24)18-22-13-6-2-3-7-14(13)26-18/h2-9,19H,10H2,1H3,(H,23,24)/b12-9+. The first kappa shape index (κ1) is 18.4. The number of nitrogens with zero attached hydrogens (tertiary/aromatic N) is 1. The smallest absolute Gasteiger partial charge is 0.387 e. The summed E-state index contributed by atoms with van der Waals surface area (Å²) >= 11 is 0. The summed E-state index contributed by atoms with van der Waals surface area (Å²) in [6, 6.07) is 11.5. The number of benzene rings is 2. The molecule has 0 bridgehead atoms. The minimum Gasteiger partial charge on any atom is -0.493 e. The number of fused-ring (bicyclic) bond motifs is 1. The van der Waals surface area contributed by atoms with Crippen molar-refractivity contribution in [2.45, 2.75) is 13.0 Å². The van der Waals surface area contributed by atoms with Gasteiger partial charge in [0.05, 0.1) is 13.5 Å². The molecular weight excluding hydrogens is 360 g/mol. The highest BCUT2D eigenvalue weighted by Gasteiger charge is 2.18. The maximum atomic E-state index is 12.8. The molecule has 0 radical (unpaired) electrons. The monoisotopic (exact) mass is 375 g/mol. The average molecular weight is 375 g/mol. The molecule has 0 saturated carbocycles. The first-order valence-corrected chi connectivity index (χ1v) is 7.88. The lowest BCUT2D eigenvalue weighted by molar-refractivity contribution is -0.135. The molecule has 140 valence electrons. The maximum Gasteiger partial charge on any atom is 0.387 e. The Balaban J connectivity index is 2.12. The van der Waals surface area contributed by atoms with Gasteiger partial charge in [0.2, 0.25) is 5.89 Å². The van der Waals surface area contributed by atoms with E-state index in [1.165, 1.54) is 25.3 Å². The van der Waals surface area contributed by atoms with Crippen LogP contribution in [0.1, 0.15) is 17.9 Å². The topological polar surface area (TPSA) is 81.8 Å². The molecule has 2 aromatic carbocycles. The normalized spacial score (nSPS) is 11.8. The van der Waals surface area contributed by atoms with Crippen LogP contribution in [0, 0.1) is 0 Å². The SMILES string of the molecule is COc1cccc(/C=C(\CC(=O)O)c2nc3ccccc3o2)c1OC(F)F. The fourth-order valence-corrected chi connectivity index (χ4v) is 2.57. The molecule has 0 amide bonds. The lowest BCUT2D eigenvalue weighted by Crippen LogP contribution is -2.05. The molecule has 1 N–H and O–H groups in total. The number of carboxylic acid groups (broad SMARTS) is 1. The second-order valence-corrected chi connectivity index (χ2v) is 5.48. The predicted octanol–water partition coefficient (Wildman–Crippen LogP) is 4.45. The van der Waals surface area contributed by atoms with Crippen LogP contribution in [0.4, 0.5) is 8.78 Å². The molecule has 0 aliphatic rings. The quantitative estimate of drug-likeness (QED) is 0.657. The van der Waals surface area contributed by atoms with E-state index in [2.05, 4.69) is 9.72 Å². The van der Waals surface area contributed by atoms with Crippen LogP contribution in [0.5, 0.6) is 11.5 Å². The van der Waals surface area contributed by atoms with Gasteiger partial charge in [-0.2, -0.15) is 8.78 Å². The van der Waals surface area contributed by atoms with E-state index in [0.717, 1.165) is 0 Å². The highest BCUT2D eigenvalue weighted by molar-refractivity contribution is 5.92. The molecule has 6 nitrogen and oxygen atoms in total. The van der Waals surface area contributed by atoms with E-state index in [0.29, 0.717) is 11.1 Å². The third-order valence-corrected chi connectivity index (χ3v) is 3.68. The zero-order valence-electron chi connectivity index (χ0n) is 14.2. The van der Waals surface area contributed by atoms with Crippen molar-refractivity contribution in [3.63, 3.8) is 0 Å². The van der Waals surface area contributed by atoms with Crippen molar-refractivity contribution in [2.75, 3.05) is 7.11 Å². The molecule has 27 heavy (non-hydrogen) atoms. The number of carbonyl (C=O) groups is 1. The summed E-state index contributed by atoms with van der Waals surface area (Å²) in [5, 5.41) is 9.23. The number of aliphatic carboxylic acids is 1. The number of hydrogen-bond donors (Lipinski definition) is 1. The van der Waals surface area contributed by atoms with Gasteiger partial charge in [0.25, 0.3) is 0 Å². The molecule has 3 rings (SSSR count). The number of para-hydroxylation sites is 3. The number of rotatable bonds is 7. The molecule has 0 spiro atoms. The van der Waals surface area contributed by atoms with Crippen LogP contribution in [-0.2, 0) is 4.79 Å². The van der Waals surface area contributed by atoms with Gasteiger partial charge >= 0.3 is 12.6 Å². The van der Waals surface area contributed by atoms with Crippen LogP contribution in [0.2, 0.25) is 0 Å². The van der Waals surface area contributed by atoms with Crippen LogP contribution in [-0.4, -0.2) is 29.8 Å². The average Bonchev–Trinajstić information content (AvgIpc) is 3.06. The van der Waals surface area contributed by atoms with Gasteiger partial charge in [-0.1, -0.05) is 24.3 Å². The first-order valence-electron chi connectivity index (χ1n) is 7.88. The minimum absolute atomic E-state index is 0.0874. The Bertz CT molecular complexity index is 964. The Morgan fingerprint density at radius 1 is 1.26 bits per heavy atom. The molecule has 0 atom stereocenters. The number of alkyl halides is 2. The zero-order valence-corrected chi connectivity index (χ0v) is 14.2. The van der Waals surface area contributed by atoms with Gasteiger partial charge < -0.3 is 19.0 Å². The molecule has 0 aliphatic heterocycles. The second-order valence-electron chi connectivity index (χ2n) is 5.48. The predicted molar refractivity (Wildman–Crippen MR) is 93.8 cm³/mol. The van der Waals surface area contributed by atoms with Crippen LogP contribution < -0.4 is 9.47 Å². The minimum atomic E-state index is -3.07. The molecule has 1 heterocycles. The van der Waals surface area contributed by atoms with Crippen LogP contribution in [0.3, 0.4) is 0 Å². The molecular formula is C19H15F2NO5. The summed E-state index contributed by atoms with van der Waals surface area (Å²) in [6.45, 7) is -3.07. The summed E-state index contributed by atoms with van der Waals surface area (Å²) in [5.41, 5.74) is 1.45. The summed E-state index contributed by atoms with van der Waals surface area (Å²) in [5.74, 6) is -1.14. The number of oxazole rings is 1. The first-order chi connectivity index (χ1) is 13.0. The molecule has 0 unspecified atom stereocenters. The van der Waals surface area contributed by atoms with Crippen molar-refractivity contribution in [3.05, 3.63) is 53.9 Å². The second kappa shape index (κ2) is 7.86. The van der Waals surface area contributed by atoms with Gasteiger partial charge in [0.15, 0.2) is 17.1 Å². The number of halogens is 2. The fourth-order valence-electron chi connectivity index (χ4n) is 2.57. The lowest BCUT2D eigenvalue weighted by atomic mass is 10.1. The van der Waals surface area contributed by atoms with Gasteiger partial charge in [-0.25, -0.2) is 4.98 Å². The van der Waals surface area contributed by atoms with Crippen molar-refractivity contribution in [1.29, 1.82) is 0 Å². The fraction of sp³-hybridized carbons (Fsp3) is 0.158. The molecule has 3 aromatic rings. The Morgan fingerprint density at radius 3 is 2.70 bits per heavy atom. The summed E-state index contributed by atoms with van der Waals surface area (Å²) < 4.78 is 40.9. The van der Waals surface area contributed by atoms with E-state index >= 15 is 0 Å². The van der Waals surface area contributed by atoms with Crippen LogP contribution >= 0.6 is 0 Å². The molecule has 0 aliphatic carbocycles. The van der Waals surface area contributed by atoms with Gasteiger partial charge in [-0.3, -0.25) is 4.79 Å². The lowest BCUT2D eigenvalue weighted by Gasteiger charge is -2.13. The van der Waals surface area contributed by atoms with Gasteiger partial charge in [-0.05, 0) is 24.3 Å². The Labute approximate surface area is 152 Å². The van der Waals surface area contributed by atoms with E-state index in [1.807, 2.05) is 0 Å². The number of carboxylic acids is 1. The molecule has 0 fully saturated rings. The van der Waals surface area contributed by atoms with Crippen molar-refractivity contribution in [2.24, 2.45) is 0 Å². The highest BCUT2D eigenvalue weighted by Crippen LogP contribution is 2.35. The Morgan fingerprint density at radius 2 is 2.04 bits per heavy atom. The van der Waals surface area contributed by atoms with Crippen LogP contribution in [0.25, 0.3) is 22.7 Å². The van der Waals surface area contributed by atoms with Crippen molar-refractivity contribution in [1.82, 2.24) is 4.98 Å². The van der Waals surface area contributed by atoms with Crippen molar-refractivity contribution >= 4 is 28.7 Å². The molecule has 1 aromatic heterocycles. The van der Waals surface area contributed by atoms with E-state index in [-0.39, 0.29) is 28.5 Å². The number of hydrogen-bond acceptors (Lipinski definition) is 5.